The molecule has 2 aromatic rings. The topological polar surface area (TPSA) is 87.4 Å². The standard InChI is InChI=1S/C19H26O5.C5H10O2/c1-3-5-6-7-8-9-12-23-18-17(20)15-11-10-14(22-4-2)13-16(15)24-19(18)21;1-5(2)6-3-4-7-5/h10-11,13,20H,3-9,12H2,1-2H3;3-4H2,1-2H3. The molecule has 3 rings (SSSR count). The molecular formula is C24H36O7. The molecular weight excluding hydrogens is 400 g/mol. The van der Waals surface area contributed by atoms with E-state index in [2.05, 4.69) is 6.92 Å². The van der Waals surface area contributed by atoms with Crippen LogP contribution >= 0.6 is 0 Å². The van der Waals surface area contributed by atoms with Crippen LogP contribution in [0.1, 0.15) is 66.2 Å². The molecule has 2 heterocycles. The highest BCUT2D eigenvalue weighted by atomic mass is 16.7. The summed E-state index contributed by atoms with van der Waals surface area (Å²) in [7, 11) is 0. The minimum Gasteiger partial charge on any atom is -0.504 e. The Kier molecular flexibility index (Phi) is 10.1. The molecule has 174 valence electrons. The van der Waals surface area contributed by atoms with E-state index in [9.17, 15) is 9.90 Å². The van der Waals surface area contributed by atoms with E-state index in [-0.39, 0.29) is 22.9 Å². The minimum atomic E-state index is -0.667. The zero-order chi connectivity index (χ0) is 22.7. The molecule has 1 fully saturated rings. The van der Waals surface area contributed by atoms with Gasteiger partial charge in [0.25, 0.3) is 0 Å². The number of fused-ring (bicyclic) bond motifs is 1. The zero-order valence-electron chi connectivity index (χ0n) is 19.2. The van der Waals surface area contributed by atoms with E-state index in [1.54, 1.807) is 18.2 Å². The normalized spacial score (nSPS) is 14.8. The molecule has 1 aromatic carbocycles. The fourth-order valence-electron chi connectivity index (χ4n) is 3.20. The van der Waals surface area contributed by atoms with Crippen LogP contribution in [0.3, 0.4) is 0 Å². The van der Waals surface area contributed by atoms with Crippen LogP contribution in [0.2, 0.25) is 0 Å². The number of hydrogen-bond donors (Lipinski definition) is 1. The Bertz CT molecular complexity index is 849. The van der Waals surface area contributed by atoms with Crippen LogP contribution in [0.15, 0.2) is 27.4 Å². The van der Waals surface area contributed by atoms with Gasteiger partial charge in [0.2, 0.25) is 5.75 Å². The summed E-state index contributed by atoms with van der Waals surface area (Å²) in [6.07, 6.45) is 6.76. The fraction of sp³-hybridized carbons (Fsp3) is 0.625. The van der Waals surface area contributed by atoms with Gasteiger partial charge in [-0.25, -0.2) is 4.79 Å². The quantitative estimate of drug-likeness (QED) is 0.394. The summed E-state index contributed by atoms with van der Waals surface area (Å²) in [6.45, 7) is 10.3. The molecule has 1 saturated heterocycles. The van der Waals surface area contributed by atoms with Gasteiger partial charge < -0.3 is 28.5 Å². The molecule has 0 spiro atoms. The van der Waals surface area contributed by atoms with Gasteiger partial charge in [0.15, 0.2) is 11.5 Å². The van der Waals surface area contributed by atoms with Crippen LogP contribution in [0.5, 0.6) is 17.2 Å². The van der Waals surface area contributed by atoms with Crippen LogP contribution < -0.4 is 15.1 Å². The molecule has 1 N–H and O–H groups in total. The second kappa shape index (κ2) is 12.6. The van der Waals surface area contributed by atoms with Gasteiger partial charge in [-0.05, 0) is 39.3 Å². The van der Waals surface area contributed by atoms with Gasteiger partial charge in [0.1, 0.15) is 11.3 Å². The Morgan fingerprint density at radius 3 is 2.29 bits per heavy atom. The summed E-state index contributed by atoms with van der Waals surface area (Å²) in [5.74, 6) is 0.00352. The summed E-state index contributed by atoms with van der Waals surface area (Å²) in [6, 6.07) is 4.98. The lowest BCUT2D eigenvalue weighted by molar-refractivity contribution is -0.125. The summed E-state index contributed by atoms with van der Waals surface area (Å²) >= 11 is 0. The van der Waals surface area contributed by atoms with Crippen molar-refractivity contribution in [3.8, 4) is 17.2 Å². The third-order valence-electron chi connectivity index (χ3n) is 4.85. The number of hydrogen-bond acceptors (Lipinski definition) is 7. The van der Waals surface area contributed by atoms with Gasteiger partial charge >= 0.3 is 5.63 Å². The molecule has 7 nitrogen and oxygen atoms in total. The van der Waals surface area contributed by atoms with Gasteiger partial charge in [-0.1, -0.05) is 39.0 Å². The third-order valence-corrected chi connectivity index (χ3v) is 4.85. The average Bonchev–Trinajstić information content (AvgIpc) is 3.14. The summed E-state index contributed by atoms with van der Waals surface area (Å²) in [5.41, 5.74) is -0.380. The van der Waals surface area contributed by atoms with Gasteiger partial charge in [-0.3, -0.25) is 0 Å². The second-order valence-electron chi connectivity index (χ2n) is 7.87. The monoisotopic (exact) mass is 436 g/mol. The molecule has 31 heavy (non-hydrogen) atoms. The number of benzene rings is 1. The van der Waals surface area contributed by atoms with Gasteiger partial charge in [0.05, 0.1) is 31.8 Å². The van der Waals surface area contributed by atoms with Crippen LogP contribution in [0.4, 0.5) is 0 Å². The van der Waals surface area contributed by atoms with Crippen molar-refractivity contribution >= 4 is 11.0 Å². The molecule has 0 bridgehead atoms. The first-order valence-corrected chi connectivity index (χ1v) is 11.2. The van der Waals surface area contributed by atoms with Crippen LogP contribution in [0, 0.1) is 0 Å². The molecule has 0 radical (unpaired) electrons. The van der Waals surface area contributed by atoms with Gasteiger partial charge in [0, 0.05) is 6.07 Å². The smallest absolute Gasteiger partial charge is 0.383 e. The highest BCUT2D eigenvalue weighted by Gasteiger charge is 2.23. The van der Waals surface area contributed by atoms with Crippen LogP contribution in [-0.4, -0.2) is 37.3 Å². The molecule has 1 aromatic heterocycles. The average molecular weight is 437 g/mol. The fourth-order valence-corrected chi connectivity index (χ4v) is 3.20. The Morgan fingerprint density at radius 2 is 1.68 bits per heavy atom. The van der Waals surface area contributed by atoms with Crippen molar-refractivity contribution in [3.05, 3.63) is 28.6 Å². The molecule has 0 amide bonds. The van der Waals surface area contributed by atoms with E-state index in [0.717, 1.165) is 32.5 Å². The zero-order valence-corrected chi connectivity index (χ0v) is 19.2. The molecule has 0 aliphatic carbocycles. The minimum absolute atomic E-state index is 0.111. The summed E-state index contributed by atoms with van der Waals surface area (Å²) in [5, 5.41) is 10.7. The van der Waals surface area contributed by atoms with Crippen molar-refractivity contribution in [1.82, 2.24) is 0 Å². The lowest BCUT2D eigenvalue weighted by Gasteiger charge is -2.13. The molecule has 1 aliphatic rings. The predicted molar refractivity (Wildman–Crippen MR) is 120 cm³/mol. The SMILES string of the molecule is CC1(C)OCCO1.CCCCCCCCOc1c(O)c2ccc(OCC)cc2oc1=O. The van der Waals surface area contributed by atoms with E-state index < -0.39 is 5.63 Å². The highest BCUT2D eigenvalue weighted by molar-refractivity contribution is 5.86. The summed E-state index contributed by atoms with van der Waals surface area (Å²) in [4.78, 5) is 12.0. The third kappa shape index (κ3) is 8.07. The number of ether oxygens (including phenoxy) is 4. The lowest BCUT2D eigenvalue weighted by atomic mass is 10.1. The largest absolute Gasteiger partial charge is 0.504 e. The Labute approximate surface area is 184 Å². The van der Waals surface area contributed by atoms with Crippen molar-refractivity contribution in [2.45, 2.75) is 72.0 Å². The number of aromatic hydroxyl groups is 1. The van der Waals surface area contributed by atoms with Crippen molar-refractivity contribution < 1.29 is 28.5 Å². The summed E-state index contributed by atoms with van der Waals surface area (Å²) < 4.78 is 26.3. The van der Waals surface area contributed by atoms with Crippen LogP contribution in [-0.2, 0) is 9.47 Å². The van der Waals surface area contributed by atoms with E-state index in [1.807, 2.05) is 20.8 Å². The van der Waals surface area contributed by atoms with Gasteiger partial charge in [-0.15, -0.1) is 0 Å². The van der Waals surface area contributed by atoms with Gasteiger partial charge in [-0.2, -0.15) is 0 Å². The first-order chi connectivity index (χ1) is 14.9. The lowest BCUT2D eigenvalue weighted by Crippen LogP contribution is -2.18. The first-order valence-electron chi connectivity index (χ1n) is 11.2. The maximum absolute atomic E-state index is 12.0. The Balaban J connectivity index is 0.000000412. The van der Waals surface area contributed by atoms with Crippen molar-refractivity contribution in [3.63, 3.8) is 0 Å². The maximum Gasteiger partial charge on any atom is 0.383 e. The highest BCUT2D eigenvalue weighted by Crippen LogP contribution is 2.33. The van der Waals surface area contributed by atoms with Crippen molar-refractivity contribution in [2.75, 3.05) is 26.4 Å². The second-order valence-corrected chi connectivity index (χ2v) is 7.87. The first kappa shape index (κ1) is 25.0. The van der Waals surface area contributed by atoms with Crippen LogP contribution in [0.25, 0.3) is 11.0 Å². The van der Waals surface area contributed by atoms with E-state index >= 15 is 0 Å². The molecule has 7 heteroatoms. The molecule has 0 atom stereocenters. The molecule has 1 aliphatic heterocycles. The predicted octanol–water partition coefficient (Wildman–Crippen LogP) is 5.41. The van der Waals surface area contributed by atoms with E-state index in [4.69, 9.17) is 23.4 Å². The Morgan fingerprint density at radius 1 is 1.00 bits per heavy atom. The van der Waals surface area contributed by atoms with Crippen molar-refractivity contribution in [1.29, 1.82) is 0 Å². The Hall–Kier alpha value is -2.25. The van der Waals surface area contributed by atoms with E-state index in [1.165, 1.54) is 19.3 Å². The number of rotatable bonds is 10. The van der Waals surface area contributed by atoms with Crippen molar-refractivity contribution in [2.24, 2.45) is 0 Å². The van der Waals surface area contributed by atoms with E-state index in [0.29, 0.717) is 24.3 Å². The number of unbranched alkanes of at least 4 members (excludes halogenated alkanes) is 5. The molecule has 0 unspecified atom stereocenters. The molecule has 0 saturated carbocycles. The maximum atomic E-state index is 12.0.